The van der Waals surface area contributed by atoms with Crippen molar-refractivity contribution in [1.29, 1.82) is 0 Å². The molecule has 0 saturated heterocycles. The van der Waals surface area contributed by atoms with Crippen LogP contribution in [0.1, 0.15) is 30.3 Å². The van der Waals surface area contributed by atoms with Crippen molar-refractivity contribution in [3.63, 3.8) is 0 Å². The lowest BCUT2D eigenvalue weighted by Crippen LogP contribution is -2.36. The van der Waals surface area contributed by atoms with Gasteiger partial charge in [-0.15, -0.1) is 0 Å². The van der Waals surface area contributed by atoms with Crippen LogP contribution in [0.2, 0.25) is 0 Å². The number of methoxy groups -OCH3 is 1. The molecule has 1 saturated carbocycles. The summed E-state index contributed by atoms with van der Waals surface area (Å²) in [6.45, 7) is 3.88. The molecule has 1 aliphatic carbocycles. The van der Waals surface area contributed by atoms with Gasteiger partial charge in [0.15, 0.2) is 0 Å². The monoisotopic (exact) mass is 264 g/mol. The Morgan fingerprint density at radius 1 is 1.53 bits per heavy atom. The molecule has 1 heterocycles. The molecule has 0 unspecified atom stereocenters. The predicted molar refractivity (Wildman–Crippen MR) is 72.1 cm³/mol. The molecular formula is C13H20N4O2. The molecule has 1 aromatic rings. The molecule has 0 atom stereocenters. The Morgan fingerprint density at radius 2 is 2.32 bits per heavy atom. The second-order valence-corrected chi connectivity index (χ2v) is 4.54. The number of carbonyl (C=O) groups is 1. The first kappa shape index (κ1) is 13.7. The van der Waals surface area contributed by atoms with Crippen LogP contribution in [0.3, 0.4) is 0 Å². The molecule has 1 aliphatic rings. The van der Waals surface area contributed by atoms with E-state index in [9.17, 15) is 4.79 Å². The summed E-state index contributed by atoms with van der Waals surface area (Å²) in [4.78, 5) is 22.6. The first-order valence-electron chi connectivity index (χ1n) is 6.62. The van der Waals surface area contributed by atoms with Crippen LogP contribution in [0, 0.1) is 0 Å². The highest BCUT2D eigenvalue weighted by Crippen LogP contribution is 2.27. The Balaban J connectivity index is 2.09. The van der Waals surface area contributed by atoms with Crippen LogP contribution in [-0.2, 0) is 4.74 Å². The average molecular weight is 264 g/mol. The molecule has 104 valence electrons. The number of ether oxygens (including phenoxy) is 1. The number of nitrogens with one attached hydrogen (secondary N) is 1. The molecule has 19 heavy (non-hydrogen) atoms. The summed E-state index contributed by atoms with van der Waals surface area (Å²) in [5.74, 6) is 0.572. The number of anilines is 1. The van der Waals surface area contributed by atoms with Crippen molar-refractivity contribution >= 4 is 11.7 Å². The minimum absolute atomic E-state index is 0.0631. The molecular weight excluding hydrogens is 244 g/mol. The van der Waals surface area contributed by atoms with Crippen molar-refractivity contribution in [2.75, 3.05) is 32.1 Å². The Bertz CT molecular complexity index is 434. The maximum atomic E-state index is 12.4. The Hall–Kier alpha value is -1.69. The first-order chi connectivity index (χ1) is 9.26. The summed E-state index contributed by atoms with van der Waals surface area (Å²) < 4.78 is 5.06. The van der Waals surface area contributed by atoms with Gasteiger partial charge < -0.3 is 15.0 Å². The van der Waals surface area contributed by atoms with Gasteiger partial charge in [0, 0.05) is 26.2 Å². The number of carbonyl (C=O) groups excluding carboxylic acids is 1. The molecule has 1 aromatic heterocycles. The van der Waals surface area contributed by atoms with E-state index in [1.165, 1.54) is 6.20 Å². The van der Waals surface area contributed by atoms with Gasteiger partial charge in [-0.05, 0) is 19.8 Å². The van der Waals surface area contributed by atoms with Gasteiger partial charge in [0.1, 0.15) is 11.5 Å². The molecule has 6 nitrogen and oxygen atoms in total. The summed E-state index contributed by atoms with van der Waals surface area (Å²) in [6.07, 6.45) is 5.27. The molecule has 0 aliphatic heterocycles. The Labute approximate surface area is 113 Å². The van der Waals surface area contributed by atoms with Crippen LogP contribution < -0.4 is 5.32 Å². The molecule has 0 radical (unpaired) electrons. The van der Waals surface area contributed by atoms with Gasteiger partial charge in [-0.25, -0.2) is 4.98 Å². The fourth-order valence-corrected chi connectivity index (χ4v) is 1.91. The minimum Gasteiger partial charge on any atom is -0.383 e. The zero-order valence-corrected chi connectivity index (χ0v) is 11.4. The number of hydrogen-bond donors (Lipinski definition) is 1. The number of amides is 1. The normalized spacial score (nSPS) is 14.2. The van der Waals surface area contributed by atoms with Crippen molar-refractivity contribution in [2.45, 2.75) is 25.8 Å². The summed E-state index contributed by atoms with van der Waals surface area (Å²) in [7, 11) is 1.64. The number of aromatic nitrogens is 2. The SMILES string of the molecule is CCNc1cncc(C(=O)N(CCOC)C2CC2)n1. The fourth-order valence-electron chi connectivity index (χ4n) is 1.91. The van der Waals surface area contributed by atoms with E-state index in [1.54, 1.807) is 13.3 Å². The topological polar surface area (TPSA) is 67.4 Å². The molecule has 1 amide bonds. The van der Waals surface area contributed by atoms with Gasteiger partial charge in [-0.1, -0.05) is 0 Å². The maximum Gasteiger partial charge on any atom is 0.274 e. The van der Waals surface area contributed by atoms with Gasteiger partial charge in [0.25, 0.3) is 5.91 Å². The lowest BCUT2D eigenvalue weighted by Gasteiger charge is -2.21. The second-order valence-electron chi connectivity index (χ2n) is 4.54. The van der Waals surface area contributed by atoms with E-state index in [1.807, 2.05) is 11.8 Å². The van der Waals surface area contributed by atoms with E-state index in [2.05, 4.69) is 15.3 Å². The van der Waals surface area contributed by atoms with Gasteiger partial charge in [-0.2, -0.15) is 0 Å². The van der Waals surface area contributed by atoms with Gasteiger partial charge in [0.2, 0.25) is 0 Å². The van der Waals surface area contributed by atoms with E-state index in [4.69, 9.17) is 4.74 Å². The molecule has 1 fully saturated rings. The molecule has 1 N–H and O–H groups in total. The molecule has 0 spiro atoms. The first-order valence-corrected chi connectivity index (χ1v) is 6.62. The lowest BCUT2D eigenvalue weighted by molar-refractivity contribution is 0.0674. The van der Waals surface area contributed by atoms with Gasteiger partial charge in [0.05, 0.1) is 19.0 Å². The highest BCUT2D eigenvalue weighted by molar-refractivity contribution is 5.92. The summed E-state index contributed by atoms with van der Waals surface area (Å²) in [5, 5.41) is 3.06. The van der Waals surface area contributed by atoms with Crippen LogP contribution in [0.4, 0.5) is 5.82 Å². The zero-order valence-electron chi connectivity index (χ0n) is 11.4. The van der Waals surface area contributed by atoms with E-state index in [-0.39, 0.29) is 5.91 Å². The van der Waals surface area contributed by atoms with Crippen molar-refractivity contribution < 1.29 is 9.53 Å². The number of nitrogens with zero attached hydrogens (tertiary/aromatic N) is 3. The largest absolute Gasteiger partial charge is 0.383 e. The number of rotatable bonds is 7. The minimum atomic E-state index is -0.0631. The average Bonchev–Trinajstić information content (AvgIpc) is 3.24. The highest BCUT2D eigenvalue weighted by atomic mass is 16.5. The smallest absolute Gasteiger partial charge is 0.274 e. The second kappa shape index (κ2) is 6.47. The van der Waals surface area contributed by atoms with E-state index in [0.717, 1.165) is 19.4 Å². The quantitative estimate of drug-likeness (QED) is 0.800. The Morgan fingerprint density at radius 3 is 2.95 bits per heavy atom. The van der Waals surface area contributed by atoms with Crippen LogP contribution in [-0.4, -0.2) is 53.6 Å². The highest BCUT2D eigenvalue weighted by Gasteiger charge is 2.33. The molecule has 6 heteroatoms. The summed E-state index contributed by atoms with van der Waals surface area (Å²) in [5.41, 5.74) is 0.390. The van der Waals surface area contributed by atoms with Crippen LogP contribution >= 0.6 is 0 Å². The predicted octanol–water partition coefficient (Wildman–Crippen LogP) is 1.16. The third kappa shape index (κ3) is 3.64. The van der Waals surface area contributed by atoms with Gasteiger partial charge in [-0.3, -0.25) is 9.78 Å². The third-order valence-corrected chi connectivity index (χ3v) is 3.00. The fraction of sp³-hybridized carbons (Fsp3) is 0.615. The van der Waals surface area contributed by atoms with Crippen molar-refractivity contribution in [2.24, 2.45) is 0 Å². The number of hydrogen-bond acceptors (Lipinski definition) is 5. The van der Waals surface area contributed by atoms with Crippen LogP contribution in [0.25, 0.3) is 0 Å². The van der Waals surface area contributed by atoms with Crippen molar-refractivity contribution in [1.82, 2.24) is 14.9 Å². The maximum absolute atomic E-state index is 12.4. The molecule has 2 rings (SSSR count). The van der Waals surface area contributed by atoms with E-state index < -0.39 is 0 Å². The van der Waals surface area contributed by atoms with Crippen LogP contribution in [0.15, 0.2) is 12.4 Å². The summed E-state index contributed by atoms with van der Waals surface area (Å²) >= 11 is 0. The van der Waals surface area contributed by atoms with Crippen molar-refractivity contribution in [3.05, 3.63) is 18.1 Å². The third-order valence-electron chi connectivity index (χ3n) is 3.00. The molecule has 0 aromatic carbocycles. The van der Waals surface area contributed by atoms with E-state index in [0.29, 0.717) is 30.7 Å². The standard InChI is InChI=1S/C13H20N4O2/c1-3-15-12-9-14-8-11(16-12)13(18)17(6-7-19-2)10-4-5-10/h8-10H,3-7H2,1-2H3,(H,15,16). The zero-order chi connectivity index (χ0) is 13.7. The van der Waals surface area contributed by atoms with E-state index >= 15 is 0 Å². The lowest BCUT2D eigenvalue weighted by atomic mass is 10.3. The summed E-state index contributed by atoms with van der Waals surface area (Å²) in [6, 6.07) is 0.340. The van der Waals surface area contributed by atoms with Gasteiger partial charge >= 0.3 is 0 Å². The van der Waals surface area contributed by atoms with Crippen molar-refractivity contribution in [3.8, 4) is 0 Å². The Kier molecular flexibility index (Phi) is 4.68. The van der Waals surface area contributed by atoms with Crippen LogP contribution in [0.5, 0.6) is 0 Å². The molecule has 0 bridgehead atoms.